The van der Waals surface area contributed by atoms with Gasteiger partial charge in [-0.1, -0.05) is 0 Å². The lowest BCUT2D eigenvalue weighted by Gasteiger charge is -2.08. The van der Waals surface area contributed by atoms with Crippen LogP contribution in [0.4, 0.5) is 5.69 Å². The molecule has 0 saturated heterocycles. The molecular formula is C11H16N6O2S. The molecule has 0 spiro atoms. The minimum absolute atomic E-state index is 0.162. The van der Waals surface area contributed by atoms with Gasteiger partial charge in [-0.05, 0) is 13.8 Å². The summed E-state index contributed by atoms with van der Waals surface area (Å²) in [6, 6.07) is 0. The predicted molar refractivity (Wildman–Crippen MR) is 73.6 cm³/mol. The lowest BCUT2D eigenvalue weighted by Crippen LogP contribution is -2.16. The first-order valence-electron chi connectivity index (χ1n) is 5.97. The van der Waals surface area contributed by atoms with Gasteiger partial charge in [0.05, 0.1) is 36.0 Å². The SMILES string of the molecule is Cc1nn(CCN)c(C)c1S(=O)(=O)Nc1cncnc1. The van der Waals surface area contributed by atoms with Gasteiger partial charge < -0.3 is 5.73 Å². The first kappa shape index (κ1) is 14.4. The Kier molecular flexibility index (Phi) is 4.00. The van der Waals surface area contributed by atoms with Crippen molar-refractivity contribution in [2.75, 3.05) is 11.3 Å². The summed E-state index contributed by atoms with van der Waals surface area (Å²) in [6.07, 6.45) is 4.10. The molecule has 2 rings (SSSR count). The summed E-state index contributed by atoms with van der Waals surface area (Å²) in [5, 5.41) is 4.19. The average Bonchev–Trinajstić information content (AvgIpc) is 2.66. The summed E-state index contributed by atoms with van der Waals surface area (Å²) in [6.45, 7) is 4.21. The summed E-state index contributed by atoms with van der Waals surface area (Å²) in [7, 11) is -3.73. The van der Waals surface area contributed by atoms with Gasteiger partial charge >= 0.3 is 0 Å². The molecule has 8 nitrogen and oxygen atoms in total. The summed E-state index contributed by atoms with van der Waals surface area (Å²) in [5.41, 5.74) is 6.77. The van der Waals surface area contributed by atoms with E-state index >= 15 is 0 Å². The molecule has 0 atom stereocenters. The van der Waals surface area contributed by atoms with Crippen LogP contribution in [0.1, 0.15) is 11.4 Å². The maximum absolute atomic E-state index is 12.4. The number of aryl methyl sites for hydroxylation is 1. The van der Waals surface area contributed by atoms with Crippen molar-refractivity contribution >= 4 is 15.7 Å². The zero-order chi connectivity index (χ0) is 14.8. The number of aromatic nitrogens is 4. The molecule has 0 saturated carbocycles. The highest BCUT2D eigenvalue weighted by atomic mass is 32.2. The standard InChI is InChI=1S/C11H16N6O2S/c1-8-11(9(2)17(15-8)4-3-12)20(18,19)16-10-5-13-7-14-6-10/h5-7,16H,3-4,12H2,1-2H3. The minimum Gasteiger partial charge on any atom is -0.329 e. The Balaban J connectivity index is 2.40. The third kappa shape index (κ3) is 2.78. The Morgan fingerprint density at radius 3 is 2.55 bits per heavy atom. The minimum atomic E-state index is -3.73. The number of nitrogens with one attached hydrogen (secondary N) is 1. The van der Waals surface area contributed by atoms with Gasteiger partial charge in [0.25, 0.3) is 10.0 Å². The first-order chi connectivity index (χ1) is 9.45. The number of hydrogen-bond donors (Lipinski definition) is 2. The van der Waals surface area contributed by atoms with Crippen LogP contribution >= 0.6 is 0 Å². The van der Waals surface area contributed by atoms with Crippen LogP contribution < -0.4 is 10.5 Å². The molecular weight excluding hydrogens is 280 g/mol. The van der Waals surface area contributed by atoms with Gasteiger partial charge in [-0.3, -0.25) is 9.40 Å². The molecule has 2 aromatic rings. The number of rotatable bonds is 5. The van der Waals surface area contributed by atoms with Crippen molar-refractivity contribution in [2.24, 2.45) is 5.73 Å². The highest BCUT2D eigenvalue weighted by Crippen LogP contribution is 2.21. The Morgan fingerprint density at radius 1 is 1.30 bits per heavy atom. The monoisotopic (exact) mass is 296 g/mol. The van der Waals surface area contributed by atoms with Crippen molar-refractivity contribution in [3.05, 3.63) is 30.1 Å². The third-order valence-corrected chi connectivity index (χ3v) is 4.37. The molecule has 108 valence electrons. The van der Waals surface area contributed by atoms with Gasteiger partial charge in [0, 0.05) is 6.54 Å². The van der Waals surface area contributed by atoms with Crippen LogP contribution in [-0.4, -0.2) is 34.7 Å². The van der Waals surface area contributed by atoms with Gasteiger partial charge in [-0.25, -0.2) is 18.4 Å². The smallest absolute Gasteiger partial charge is 0.265 e. The maximum Gasteiger partial charge on any atom is 0.265 e. The fourth-order valence-electron chi connectivity index (χ4n) is 1.97. The van der Waals surface area contributed by atoms with Crippen molar-refractivity contribution in [3.8, 4) is 0 Å². The Morgan fingerprint density at radius 2 is 1.95 bits per heavy atom. The molecule has 0 radical (unpaired) electrons. The quantitative estimate of drug-likeness (QED) is 0.805. The molecule has 2 heterocycles. The second kappa shape index (κ2) is 5.55. The summed E-state index contributed by atoms with van der Waals surface area (Å²) < 4.78 is 28.8. The van der Waals surface area contributed by atoms with E-state index in [1.54, 1.807) is 18.5 Å². The van der Waals surface area contributed by atoms with E-state index in [1.165, 1.54) is 18.7 Å². The van der Waals surface area contributed by atoms with Crippen LogP contribution in [0.2, 0.25) is 0 Å². The summed E-state index contributed by atoms with van der Waals surface area (Å²) in [5.74, 6) is 0. The van der Waals surface area contributed by atoms with Crippen LogP contribution in [0, 0.1) is 13.8 Å². The normalized spacial score (nSPS) is 11.6. The van der Waals surface area contributed by atoms with E-state index in [0.29, 0.717) is 30.2 Å². The zero-order valence-corrected chi connectivity index (χ0v) is 12.1. The van der Waals surface area contributed by atoms with Crippen molar-refractivity contribution in [1.82, 2.24) is 19.7 Å². The maximum atomic E-state index is 12.4. The molecule has 0 aromatic carbocycles. The Hall–Kier alpha value is -2.00. The molecule has 2 aromatic heterocycles. The Labute approximate surface area is 117 Å². The Bertz CT molecular complexity index is 695. The molecule has 20 heavy (non-hydrogen) atoms. The number of anilines is 1. The van der Waals surface area contributed by atoms with Crippen molar-refractivity contribution < 1.29 is 8.42 Å². The van der Waals surface area contributed by atoms with Gasteiger partial charge in [-0.15, -0.1) is 0 Å². The average molecular weight is 296 g/mol. The molecule has 0 aliphatic carbocycles. The van der Waals surface area contributed by atoms with Gasteiger partial charge in [0.15, 0.2) is 0 Å². The van der Waals surface area contributed by atoms with Crippen molar-refractivity contribution in [1.29, 1.82) is 0 Å². The van der Waals surface area contributed by atoms with E-state index in [4.69, 9.17) is 5.73 Å². The van der Waals surface area contributed by atoms with E-state index in [1.807, 2.05) is 0 Å². The van der Waals surface area contributed by atoms with E-state index < -0.39 is 10.0 Å². The third-order valence-electron chi connectivity index (χ3n) is 2.74. The molecule has 3 N–H and O–H groups in total. The fourth-order valence-corrected chi connectivity index (χ4v) is 3.41. The number of nitrogens with zero attached hydrogens (tertiary/aromatic N) is 4. The largest absolute Gasteiger partial charge is 0.329 e. The summed E-state index contributed by atoms with van der Waals surface area (Å²) in [4.78, 5) is 7.70. The fraction of sp³-hybridized carbons (Fsp3) is 0.364. The highest BCUT2D eigenvalue weighted by molar-refractivity contribution is 7.92. The zero-order valence-electron chi connectivity index (χ0n) is 11.2. The number of nitrogens with two attached hydrogens (primary N) is 1. The topological polar surface area (TPSA) is 116 Å². The van der Waals surface area contributed by atoms with Gasteiger partial charge in [0.1, 0.15) is 11.2 Å². The number of hydrogen-bond acceptors (Lipinski definition) is 6. The van der Waals surface area contributed by atoms with E-state index in [-0.39, 0.29) is 4.90 Å². The molecule has 0 aliphatic rings. The van der Waals surface area contributed by atoms with Crippen molar-refractivity contribution in [3.63, 3.8) is 0 Å². The van der Waals surface area contributed by atoms with Gasteiger partial charge in [-0.2, -0.15) is 5.10 Å². The second-order valence-corrected chi connectivity index (χ2v) is 5.86. The van der Waals surface area contributed by atoms with Crippen LogP contribution in [0.15, 0.2) is 23.6 Å². The molecule has 0 bridgehead atoms. The molecule has 9 heteroatoms. The van der Waals surface area contributed by atoms with E-state index in [0.717, 1.165) is 0 Å². The van der Waals surface area contributed by atoms with Crippen LogP contribution in [-0.2, 0) is 16.6 Å². The van der Waals surface area contributed by atoms with Crippen LogP contribution in [0.5, 0.6) is 0 Å². The molecule has 0 aliphatic heterocycles. The van der Waals surface area contributed by atoms with E-state index in [9.17, 15) is 8.42 Å². The van der Waals surface area contributed by atoms with Crippen molar-refractivity contribution in [2.45, 2.75) is 25.3 Å². The lowest BCUT2D eigenvalue weighted by atomic mass is 10.4. The molecule has 0 fully saturated rings. The second-order valence-electron chi connectivity index (χ2n) is 4.24. The lowest BCUT2D eigenvalue weighted by molar-refractivity contribution is 0.593. The molecule has 0 unspecified atom stereocenters. The molecule has 0 amide bonds. The summed E-state index contributed by atoms with van der Waals surface area (Å²) >= 11 is 0. The highest BCUT2D eigenvalue weighted by Gasteiger charge is 2.24. The van der Waals surface area contributed by atoms with E-state index in [2.05, 4.69) is 19.8 Å². The van der Waals surface area contributed by atoms with Crippen LogP contribution in [0.3, 0.4) is 0 Å². The van der Waals surface area contributed by atoms with Gasteiger partial charge in [0.2, 0.25) is 0 Å². The predicted octanol–water partition coefficient (Wildman–Crippen LogP) is 0.0494. The number of sulfonamides is 1. The first-order valence-corrected chi connectivity index (χ1v) is 7.46. The van der Waals surface area contributed by atoms with Crippen LogP contribution in [0.25, 0.3) is 0 Å².